The smallest absolute Gasteiger partial charge is 0.127 e. The highest BCUT2D eigenvalue weighted by atomic mass is 79.9. The second kappa shape index (κ2) is 5.29. The summed E-state index contributed by atoms with van der Waals surface area (Å²) in [5.74, 6) is 0.646. The minimum absolute atomic E-state index is 0.0229. The van der Waals surface area contributed by atoms with Gasteiger partial charge in [0.15, 0.2) is 0 Å². The van der Waals surface area contributed by atoms with Crippen LogP contribution < -0.4 is 4.74 Å². The van der Waals surface area contributed by atoms with Gasteiger partial charge in [0, 0.05) is 21.6 Å². The largest absolute Gasteiger partial charge is 0.492 e. The van der Waals surface area contributed by atoms with Gasteiger partial charge in [0.05, 0.1) is 11.4 Å². The minimum Gasteiger partial charge on any atom is -0.492 e. The second-order valence-corrected chi connectivity index (χ2v) is 7.31. The van der Waals surface area contributed by atoms with Crippen LogP contribution in [-0.2, 0) is 5.41 Å². The van der Waals surface area contributed by atoms with Gasteiger partial charge in [-0.25, -0.2) is 4.39 Å². The first-order chi connectivity index (χ1) is 9.88. The molecule has 1 aliphatic rings. The number of rotatable bonds is 2. The molecule has 0 fully saturated rings. The van der Waals surface area contributed by atoms with Gasteiger partial charge in [-0.1, -0.05) is 47.4 Å². The third-order valence-electron chi connectivity index (χ3n) is 3.85. The lowest BCUT2D eigenvalue weighted by Gasteiger charge is -2.18. The van der Waals surface area contributed by atoms with Crippen LogP contribution in [-0.4, -0.2) is 6.61 Å². The van der Waals surface area contributed by atoms with Crippen LogP contribution in [0.15, 0.2) is 36.4 Å². The highest BCUT2D eigenvalue weighted by Gasteiger charge is 2.32. The number of fused-ring (bicyclic) bond motifs is 1. The first kappa shape index (κ1) is 14.9. The van der Waals surface area contributed by atoms with E-state index < -0.39 is 0 Å². The molecule has 0 spiro atoms. The van der Waals surface area contributed by atoms with Gasteiger partial charge in [0.1, 0.15) is 11.6 Å². The van der Waals surface area contributed by atoms with Crippen molar-refractivity contribution in [3.63, 3.8) is 0 Å². The maximum Gasteiger partial charge on any atom is 0.127 e. The molecule has 0 aromatic heterocycles. The lowest BCUT2D eigenvalue weighted by atomic mass is 9.85. The fourth-order valence-corrected chi connectivity index (χ4v) is 3.40. The Morgan fingerprint density at radius 1 is 1.24 bits per heavy atom. The number of alkyl halides is 1. The molecule has 2 aromatic rings. The molecule has 3 rings (SSSR count). The second-order valence-electron chi connectivity index (χ2n) is 5.96. The van der Waals surface area contributed by atoms with Gasteiger partial charge in [-0.2, -0.15) is 0 Å². The third kappa shape index (κ3) is 2.69. The molecule has 1 aliphatic heterocycles. The lowest BCUT2D eigenvalue weighted by molar-refractivity contribution is 0.291. The van der Waals surface area contributed by atoms with E-state index in [9.17, 15) is 4.39 Å². The summed E-state index contributed by atoms with van der Waals surface area (Å²) < 4.78 is 19.7. The van der Waals surface area contributed by atoms with Gasteiger partial charge in [0.25, 0.3) is 0 Å². The van der Waals surface area contributed by atoms with E-state index in [-0.39, 0.29) is 16.1 Å². The van der Waals surface area contributed by atoms with Gasteiger partial charge in [-0.05, 0) is 35.9 Å². The molecule has 1 unspecified atom stereocenters. The van der Waals surface area contributed by atoms with Crippen LogP contribution in [0.3, 0.4) is 0 Å². The number of hydrogen-bond donors (Lipinski definition) is 0. The Balaban J connectivity index is 2.03. The van der Waals surface area contributed by atoms with Crippen molar-refractivity contribution < 1.29 is 9.13 Å². The Morgan fingerprint density at radius 2 is 2.00 bits per heavy atom. The van der Waals surface area contributed by atoms with E-state index in [1.54, 1.807) is 12.1 Å². The summed E-state index contributed by atoms with van der Waals surface area (Å²) in [6.07, 6.45) is 0. The van der Waals surface area contributed by atoms with Gasteiger partial charge in [-0.3, -0.25) is 0 Å². The first-order valence-electron chi connectivity index (χ1n) is 6.75. The summed E-state index contributed by atoms with van der Waals surface area (Å²) >= 11 is 9.57. The van der Waals surface area contributed by atoms with Crippen LogP contribution in [0.5, 0.6) is 5.75 Å². The summed E-state index contributed by atoms with van der Waals surface area (Å²) in [5, 5.41) is 0.528. The lowest BCUT2D eigenvalue weighted by Crippen LogP contribution is -2.18. The summed E-state index contributed by atoms with van der Waals surface area (Å²) in [6, 6.07) is 10.6. The highest BCUT2D eigenvalue weighted by molar-refractivity contribution is 9.09. The van der Waals surface area contributed by atoms with Gasteiger partial charge in [-0.15, -0.1) is 0 Å². The van der Waals surface area contributed by atoms with Crippen LogP contribution in [0.25, 0.3) is 0 Å². The molecule has 0 radical (unpaired) electrons. The molecule has 0 bridgehead atoms. The van der Waals surface area contributed by atoms with Crippen molar-refractivity contribution in [3.05, 3.63) is 63.9 Å². The monoisotopic (exact) mass is 368 g/mol. The number of ether oxygens (including phenoxy) is 1. The van der Waals surface area contributed by atoms with Gasteiger partial charge < -0.3 is 4.74 Å². The van der Waals surface area contributed by atoms with Crippen molar-refractivity contribution in [1.29, 1.82) is 0 Å². The summed E-state index contributed by atoms with van der Waals surface area (Å²) in [6.45, 7) is 4.96. The van der Waals surface area contributed by atoms with E-state index >= 15 is 0 Å². The molecular formula is C17H15BrClFO. The molecule has 0 aliphatic carbocycles. The zero-order valence-corrected chi connectivity index (χ0v) is 14.1. The van der Waals surface area contributed by atoms with Gasteiger partial charge >= 0.3 is 0 Å². The molecule has 110 valence electrons. The van der Waals surface area contributed by atoms with E-state index in [4.69, 9.17) is 16.3 Å². The highest BCUT2D eigenvalue weighted by Crippen LogP contribution is 2.42. The average molecular weight is 370 g/mol. The number of hydrogen-bond acceptors (Lipinski definition) is 1. The van der Waals surface area contributed by atoms with Crippen LogP contribution in [0.4, 0.5) is 4.39 Å². The molecule has 21 heavy (non-hydrogen) atoms. The van der Waals surface area contributed by atoms with E-state index in [0.717, 1.165) is 16.9 Å². The Bertz CT molecular complexity index is 699. The Morgan fingerprint density at radius 3 is 2.76 bits per heavy atom. The SMILES string of the molecule is CC1(C)COc2ccc(C(Br)c3cc(Cl)ccc3F)cc21. The van der Waals surface area contributed by atoms with Crippen LogP contribution in [0, 0.1) is 5.82 Å². The topological polar surface area (TPSA) is 9.23 Å². The van der Waals surface area contributed by atoms with Crippen LogP contribution in [0.2, 0.25) is 5.02 Å². The molecule has 4 heteroatoms. The summed E-state index contributed by atoms with van der Waals surface area (Å²) in [4.78, 5) is -0.238. The van der Waals surface area contributed by atoms with Crippen molar-refractivity contribution >= 4 is 27.5 Å². The van der Waals surface area contributed by atoms with Crippen molar-refractivity contribution in [3.8, 4) is 5.75 Å². The molecular weight excluding hydrogens is 355 g/mol. The predicted octanol–water partition coefficient (Wildman–Crippen LogP) is 5.63. The maximum atomic E-state index is 14.0. The van der Waals surface area contributed by atoms with Crippen molar-refractivity contribution in [2.24, 2.45) is 0 Å². The zero-order valence-electron chi connectivity index (χ0n) is 11.8. The number of halogens is 3. The zero-order chi connectivity index (χ0) is 15.2. The maximum absolute atomic E-state index is 14.0. The van der Waals surface area contributed by atoms with Crippen molar-refractivity contribution in [2.45, 2.75) is 24.1 Å². The molecule has 1 atom stereocenters. The van der Waals surface area contributed by atoms with Gasteiger partial charge in [0.2, 0.25) is 0 Å². The standard InChI is InChI=1S/C17H15BrClFO/c1-17(2)9-21-15-6-3-10(7-13(15)17)16(18)12-8-11(19)4-5-14(12)20/h3-8,16H,9H2,1-2H3. The summed E-state index contributed by atoms with van der Waals surface area (Å²) in [7, 11) is 0. The molecule has 2 aromatic carbocycles. The average Bonchev–Trinajstić information content (AvgIpc) is 2.76. The fourth-order valence-electron chi connectivity index (χ4n) is 2.58. The minimum atomic E-state index is -0.266. The predicted molar refractivity (Wildman–Crippen MR) is 87.1 cm³/mol. The van der Waals surface area contributed by atoms with Crippen molar-refractivity contribution in [2.75, 3.05) is 6.61 Å². The third-order valence-corrected chi connectivity index (χ3v) is 5.10. The van der Waals surface area contributed by atoms with Crippen molar-refractivity contribution in [1.82, 2.24) is 0 Å². The molecule has 0 saturated heterocycles. The van der Waals surface area contributed by atoms with Crippen LogP contribution in [0.1, 0.15) is 35.4 Å². The molecule has 0 N–H and O–H groups in total. The summed E-state index contributed by atoms with van der Waals surface area (Å²) in [5.41, 5.74) is 2.67. The normalized spacial score (nSPS) is 17.2. The Hall–Kier alpha value is -1.06. The van der Waals surface area contributed by atoms with E-state index in [1.165, 1.54) is 6.07 Å². The Labute approximate surface area is 137 Å². The molecule has 0 saturated carbocycles. The molecule has 1 nitrogen and oxygen atoms in total. The van der Waals surface area contributed by atoms with E-state index in [2.05, 4.69) is 35.8 Å². The van der Waals surface area contributed by atoms with Crippen LogP contribution >= 0.6 is 27.5 Å². The molecule has 0 amide bonds. The number of benzene rings is 2. The fraction of sp³-hybridized carbons (Fsp3) is 0.294. The van der Waals surface area contributed by atoms with E-state index in [1.807, 2.05) is 12.1 Å². The first-order valence-corrected chi connectivity index (χ1v) is 8.04. The quantitative estimate of drug-likeness (QED) is 0.623. The van der Waals surface area contributed by atoms with E-state index in [0.29, 0.717) is 17.2 Å². The Kier molecular flexibility index (Phi) is 3.74. The molecule has 1 heterocycles.